The number of amides is 2. The van der Waals surface area contributed by atoms with E-state index in [0.717, 1.165) is 36.0 Å². The summed E-state index contributed by atoms with van der Waals surface area (Å²) in [5, 5.41) is 3.02. The summed E-state index contributed by atoms with van der Waals surface area (Å²) in [5.74, 6) is 0. The third kappa shape index (κ3) is 3.47. The van der Waals surface area contributed by atoms with Gasteiger partial charge in [-0.05, 0) is 36.1 Å². The highest BCUT2D eigenvalue weighted by Gasteiger charge is 2.19. The predicted octanol–water partition coefficient (Wildman–Crippen LogP) is 3.60. The second-order valence-electron chi connectivity index (χ2n) is 6.49. The van der Waals surface area contributed by atoms with Gasteiger partial charge in [-0.15, -0.1) is 0 Å². The molecule has 0 aliphatic carbocycles. The molecular formula is C21H22N4O. The standard InChI is InChI=1S/C21H22N4O/c26-21(23-12-8-16-5-2-1-3-6-16)25-13-9-17(10-14-25)18-15-24-19-7-4-11-22-20(18)19/h1-7,9,11,15,24H,8,10,12-14H2,(H,23,26). The molecule has 3 heterocycles. The Morgan fingerprint density at radius 3 is 2.88 bits per heavy atom. The number of aromatic amines is 1. The van der Waals surface area contributed by atoms with Crippen molar-refractivity contribution >= 4 is 22.6 Å². The summed E-state index contributed by atoms with van der Waals surface area (Å²) >= 11 is 0. The van der Waals surface area contributed by atoms with Gasteiger partial charge in [-0.3, -0.25) is 4.98 Å². The molecule has 0 saturated heterocycles. The molecule has 2 aromatic heterocycles. The number of pyridine rings is 1. The zero-order valence-corrected chi connectivity index (χ0v) is 14.6. The van der Waals surface area contributed by atoms with Gasteiger partial charge in [0.2, 0.25) is 0 Å². The first-order valence-electron chi connectivity index (χ1n) is 8.99. The maximum atomic E-state index is 12.4. The number of fused-ring (bicyclic) bond motifs is 1. The second kappa shape index (κ2) is 7.44. The van der Waals surface area contributed by atoms with Crippen LogP contribution in [0.3, 0.4) is 0 Å². The number of nitrogens with one attached hydrogen (secondary N) is 2. The highest BCUT2D eigenvalue weighted by atomic mass is 16.2. The Labute approximate surface area is 152 Å². The topological polar surface area (TPSA) is 61.0 Å². The zero-order chi connectivity index (χ0) is 17.8. The van der Waals surface area contributed by atoms with E-state index in [9.17, 15) is 4.79 Å². The molecule has 4 rings (SSSR count). The van der Waals surface area contributed by atoms with Crippen LogP contribution in [0.25, 0.3) is 16.6 Å². The van der Waals surface area contributed by atoms with Crippen molar-refractivity contribution in [2.24, 2.45) is 0 Å². The lowest BCUT2D eigenvalue weighted by molar-refractivity contribution is 0.203. The summed E-state index contributed by atoms with van der Waals surface area (Å²) in [6.07, 6.45) is 7.66. The van der Waals surface area contributed by atoms with E-state index in [1.165, 1.54) is 11.1 Å². The van der Waals surface area contributed by atoms with Crippen LogP contribution in [0.5, 0.6) is 0 Å². The number of aromatic nitrogens is 2. The van der Waals surface area contributed by atoms with E-state index in [4.69, 9.17) is 0 Å². The van der Waals surface area contributed by atoms with E-state index in [0.29, 0.717) is 13.1 Å². The van der Waals surface area contributed by atoms with Gasteiger partial charge in [-0.1, -0.05) is 36.4 Å². The van der Waals surface area contributed by atoms with Crippen LogP contribution in [0.2, 0.25) is 0 Å². The van der Waals surface area contributed by atoms with Crippen molar-refractivity contribution in [3.63, 3.8) is 0 Å². The Bertz CT molecular complexity index is 929. The zero-order valence-electron chi connectivity index (χ0n) is 14.6. The number of urea groups is 1. The van der Waals surface area contributed by atoms with E-state index in [1.807, 2.05) is 47.6 Å². The molecule has 0 saturated carbocycles. The number of hydrogen-bond acceptors (Lipinski definition) is 2. The molecule has 0 bridgehead atoms. The number of hydrogen-bond donors (Lipinski definition) is 2. The number of carbonyl (C=O) groups is 1. The quantitative estimate of drug-likeness (QED) is 0.758. The van der Waals surface area contributed by atoms with Crippen molar-refractivity contribution < 1.29 is 4.79 Å². The SMILES string of the molecule is O=C(NCCc1ccccc1)N1CC=C(c2c[nH]c3cccnc23)CC1. The number of nitrogens with zero attached hydrogens (tertiary/aromatic N) is 2. The summed E-state index contributed by atoms with van der Waals surface area (Å²) in [5.41, 5.74) is 5.68. The highest BCUT2D eigenvalue weighted by Crippen LogP contribution is 2.27. The molecule has 1 aromatic carbocycles. The average Bonchev–Trinajstić information content (AvgIpc) is 3.13. The molecule has 2 N–H and O–H groups in total. The first-order chi connectivity index (χ1) is 12.8. The first kappa shape index (κ1) is 16.4. The summed E-state index contributed by atoms with van der Waals surface area (Å²) in [7, 11) is 0. The van der Waals surface area contributed by atoms with E-state index in [-0.39, 0.29) is 6.03 Å². The fourth-order valence-corrected chi connectivity index (χ4v) is 3.37. The lowest BCUT2D eigenvalue weighted by atomic mass is 10.0. The number of carbonyl (C=O) groups excluding carboxylic acids is 1. The minimum absolute atomic E-state index is 0.00767. The minimum Gasteiger partial charge on any atom is -0.359 e. The molecule has 2 amide bonds. The van der Waals surface area contributed by atoms with Crippen LogP contribution in [0, 0.1) is 0 Å². The Morgan fingerprint density at radius 2 is 2.08 bits per heavy atom. The molecule has 1 aliphatic heterocycles. The molecule has 0 fully saturated rings. The van der Waals surface area contributed by atoms with Crippen LogP contribution in [-0.4, -0.2) is 40.5 Å². The molecule has 1 aliphatic rings. The maximum Gasteiger partial charge on any atom is 0.317 e. The molecular weight excluding hydrogens is 324 g/mol. The Morgan fingerprint density at radius 1 is 1.19 bits per heavy atom. The fourth-order valence-electron chi connectivity index (χ4n) is 3.37. The van der Waals surface area contributed by atoms with E-state index in [1.54, 1.807) is 0 Å². The Hall–Kier alpha value is -3.08. The van der Waals surface area contributed by atoms with Crippen LogP contribution < -0.4 is 5.32 Å². The van der Waals surface area contributed by atoms with E-state index < -0.39 is 0 Å². The lowest BCUT2D eigenvalue weighted by Crippen LogP contribution is -2.42. The number of rotatable bonds is 4. The summed E-state index contributed by atoms with van der Waals surface area (Å²) in [6, 6.07) is 14.2. The summed E-state index contributed by atoms with van der Waals surface area (Å²) in [4.78, 5) is 22.0. The van der Waals surface area contributed by atoms with Gasteiger partial charge in [-0.2, -0.15) is 0 Å². The number of H-pyrrole nitrogens is 1. The van der Waals surface area contributed by atoms with Crippen molar-refractivity contribution in [1.82, 2.24) is 20.2 Å². The van der Waals surface area contributed by atoms with Gasteiger partial charge >= 0.3 is 6.03 Å². The smallest absolute Gasteiger partial charge is 0.317 e. The van der Waals surface area contributed by atoms with Crippen LogP contribution in [-0.2, 0) is 6.42 Å². The second-order valence-corrected chi connectivity index (χ2v) is 6.49. The van der Waals surface area contributed by atoms with Gasteiger partial charge in [0.1, 0.15) is 0 Å². The van der Waals surface area contributed by atoms with Crippen LogP contribution in [0.1, 0.15) is 17.5 Å². The van der Waals surface area contributed by atoms with Crippen molar-refractivity contribution in [2.45, 2.75) is 12.8 Å². The molecule has 5 nitrogen and oxygen atoms in total. The van der Waals surface area contributed by atoms with E-state index >= 15 is 0 Å². The van der Waals surface area contributed by atoms with E-state index in [2.05, 4.69) is 33.5 Å². The minimum atomic E-state index is 0.00767. The summed E-state index contributed by atoms with van der Waals surface area (Å²) in [6.45, 7) is 2.01. The summed E-state index contributed by atoms with van der Waals surface area (Å²) < 4.78 is 0. The van der Waals surface area contributed by atoms with Gasteiger partial charge < -0.3 is 15.2 Å². The monoisotopic (exact) mass is 346 g/mol. The van der Waals surface area contributed by atoms with Crippen molar-refractivity contribution in [2.75, 3.05) is 19.6 Å². The number of benzene rings is 1. The molecule has 0 radical (unpaired) electrons. The molecule has 0 spiro atoms. The van der Waals surface area contributed by atoms with Gasteiger partial charge in [0, 0.05) is 37.6 Å². The van der Waals surface area contributed by atoms with Crippen molar-refractivity contribution in [3.8, 4) is 0 Å². The average molecular weight is 346 g/mol. The molecule has 5 heteroatoms. The largest absolute Gasteiger partial charge is 0.359 e. The highest BCUT2D eigenvalue weighted by molar-refractivity contribution is 5.90. The molecule has 26 heavy (non-hydrogen) atoms. The normalized spacial score (nSPS) is 14.3. The molecule has 0 atom stereocenters. The van der Waals surface area contributed by atoms with Crippen LogP contribution in [0.15, 0.2) is 60.9 Å². The van der Waals surface area contributed by atoms with Crippen LogP contribution in [0.4, 0.5) is 4.79 Å². The third-order valence-electron chi connectivity index (χ3n) is 4.81. The van der Waals surface area contributed by atoms with Gasteiger partial charge in [-0.25, -0.2) is 4.79 Å². The molecule has 0 unspecified atom stereocenters. The molecule has 3 aromatic rings. The predicted molar refractivity (Wildman–Crippen MR) is 104 cm³/mol. The van der Waals surface area contributed by atoms with Gasteiger partial charge in [0.15, 0.2) is 0 Å². The first-order valence-corrected chi connectivity index (χ1v) is 8.99. The Balaban J connectivity index is 1.34. The van der Waals surface area contributed by atoms with Crippen LogP contribution >= 0.6 is 0 Å². The van der Waals surface area contributed by atoms with Gasteiger partial charge in [0.25, 0.3) is 0 Å². The molecule has 132 valence electrons. The maximum absolute atomic E-state index is 12.4. The van der Waals surface area contributed by atoms with Crippen molar-refractivity contribution in [1.29, 1.82) is 0 Å². The lowest BCUT2D eigenvalue weighted by Gasteiger charge is -2.26. The van der Waals surface area contributed by atoms with Gasteiger partial charge in [0.05, 0.1) is 11.0 Å². The Kier molecular flexibility index (Phi) is 4.69. The third-order valence-corrected chi connectivity index (χ3v) is 4.81. The fraction of sp³-hybridized carbons (Fsp3) is 0.238. The van der Waals surface area contributed by atoms with Crippen molar-refractivity contribution in [3.05, 3.63) is 72.1 Å².